The molecule has 0 aromatic carbocycles. The van der Waals surface area contributed by atoms with Gasteiger partial charge in [0.15, 0.2) is 0 Å². The smallest absolute Gasteiger partial charge is 0.345 e. The number of rotatable bonds is 4. The molecule has 108 valence electrons. The summed E-state index contributed by atoms with van der Waals surface area (Å²) in [7, 11) is 0. The molecule has 0 N–H and O–H groups in total. The summed E-state index contributed by atoms with van der Waals surface area (Å²) in [6.07, 6.45) is 0. The Morgan fingerprint density at radius 2 is 1.90 bits per heavy atom. The predicted molar refractivity (Wildman–Crippen MR) is 68.4 cm³/mol. The Bertz CT molecular complexity index is 526. The van der Waals surface area contributed by atoms with Crippen LogP contribution < -0.4 is 0 Å². The van der Waals surface area contributed by atoms with Crippen LogP contribution >= 0.6 is 11.8 Å². The minimum absolute atomic E-state index is 0.100. The number of carbonyl (C=O) groups excluding carboxylic acids is 4. The summed E-state index contributed by atoms with van der Waals surface area (Å²) in [5, 5.41) is 0.191. The molecule has 0 unspecified atom stereocenters. The molecule has 0 radical (unpaired) electrons. The quantitative estimate of drug-likeness (QED) is 0.405. The highest BCUT2D eigenvalue weighted by Gasteiger charge is 2.51. The summed E-state index contributed by atoms with van der Waals surface area (Å²) in [6, 6.07) is -0.863. The van der Waals surface area contributed by atoms with E-state index in [9.17, 15) is 19.2 Å². The number of esters is 2. The van der Waals surface area contributed by atoms with E-state index in [1.165, 1.54) is 0 Å². The standard InChI is InChI=1S/C12H13NO6S/c1-3-18-11(16)6-5-20-10-7(12(17)19-4-2)8(14)9(15)13(6)10/h6H,3-5H2,1-2H3/t6-/m1/s1. The van der Waals surface area contributed by atoms with Crippen molar-refractivity contribution in [1.82, 2.24) is 4.90 Å². The Balaban J connectivity index is 2.32. The van der Waals surface area contributed by atoms with Crippen molar-refractivity contribution in [3.8, 4) is 0 Å². The summed E-state index contributed by atoms with van der Waals surface area (Å²) in [6.45, 7) is 3.53. The van der Waals surface area contributed by atoms with Gasteiger partial charge in [0.1, 0.15) is 11.6 Å². The van der Waals surface area contributed by atoms with Gasteiger partial charge in [-0.1, -0.05) is 0 Å². The zero-order valence-corrected chi connectivity index (χ0v) is 11.8. The van der Waals surface area contributed by atoms with Gasteiger partial charge in [0.2, 0.25) is 0 Å². The summed E-state index contributed by atoms with van der Waals surface area (Å²) >= 11 is 1.11. The number of Topliss-reactive ketones (excluding diaryl/α,β-unsaturated/α-hetero) is 1. The number of hydrogen-bond acceptors (Lipinski definition) is 7. The summed E-state index contributed by atoms with van der Waals surface area (Å²) < 4.78 is 9.63. The van der Waals surface area contributed by atoms with E-state index >= 15 is 0 Å². The van der Waals surface area contributed by atoms with Crippen LogP contribution in [0.2, 0.25) is 0 Å². The normalized spacial score (nSPS) is 21.3. The number of ketones is 1. The van der Waals surface area contributed by atoms with E-state index in [1.807, 2.05) is 0 Å². The number of fused-ring (bicyclic) bond motifs is 1. The first-order chi connectivity index (χ1) is 9.52. The lowest BCUT2D eigenvalue weighted by atomic mass is 10.2. The fourth-order valence-electron chi connectivity index (χ4n) is 1.98. The van der Waals surface area contributed by atoms with Gasteiger partial charge in [-0.2, -0.15) is 0 Å². The molecular weight excluding hydrogens is 286 g/mol. The lowest BCUT2D eigenvalue weighted by molar-refractivity contribution is -0.152. The van der Waals surface area contributed by atoms with Gasteiger partial charge in [-0.25, -0.2) is 9.59 Å². The number of ether oxygens (including phenoxy) is 2. The molecule has 2 heterocycles. The van der Waals surface area contributed by atoms with Gasteiger partial charge in [-0.15, -0.1) is 11.8 Å². The average molecular weight is 299 g/mol. The van der Waals surface area contributed by atoms with Crippen molar-refractivity contribution in [2.24, 2.45) is 0 Å². The SMILES string of the molecule is CCOC(=O)C1=C2SC[C@H](C(=O)OCC)N2C(=O)C1=O. The van der Waals surface area contributed by atoms with Crippen LogP contribution in [0, 0.1) is 0 Å². The van der Waals surface area contributed by atoms with Crippen LogP contribution in [0.15, 0.2) is 10.6 Å². The Labute approximate surface area is 119 Å². The Kier molecular flexibility index (Phi) is 4.12. The molecule has 2 aliphatic heterocycles. The molecule has 7 nitrogen and oxygen atoms in total. The number of thioether (sulfide) groups is 1. The predicted octanol–water partition coefficient (Wildman–Crippen LogP) is -0.149. The molecule has 2 aliphatic rings. The second-order valence-electron chi connectivity index (χ2n) is 3.98. The lowest BCUT2D eigenvalue weighted by Gasteiger charge is -2.17. The lowest BCUT2D eigenvalue weighted by Crippen LogP contribution is -2.41. The minimum atomic E-state index is -0.931. The van der Waals surface area contributed by atoms with E-state index in [0.29, 0.717) is 0 Å². The molecule has 1 amide bonds. The van der Waals surface area contributed by atoms with Crippen LogP contribution in [-0.2, 0) is 28.7 Å². The highest BCUT2D eigenvalue weighted by atomic mass is 32.2. The first-order valence-electron chi connectivity index (χ1n) is 6.11. The molecule has 0 bridgehead atoms. The fourth-order valence-corrected chi connectivity index (χ4v) is 3.25. The van der Waals surface area contributed by atoms with Gasteiger partial charge in [0.05, 0.1) is 18.2 Å². The summed E-state index contributed by atoms with van der Waals surface area (Å²) in [5.41, 5.74) is -0.284. The van der Waals surface area contributed by atoms with Crippen LogP contribution in [-0.4, -0.2) is 53.5 Å². The maximum atomic E-state index is 11.9. The van der Waals surface area contributed by atoms with Crippen molar-refractivity contribution < 1.29 is 28.7 Å². The molecule has 8 heteroatoms. The maximum Gasteiger partial charge on any atom is 0.345 e. The second-order valence-corrected chi connectivity index (χ2v) is 4.99. The average Bonchev–Trinajstić information content (AvgIpc) is 2.91. The molecule has 20 heavy (non-hydrogen) atoms. The molecule has 0 saturated carbocycles. The largest absolute Gasteiger partial charge is 0.464 e. The van der Waals surface area contributed by atoms with Crippen molar-refractivity contribution >= 4 is 35.4 Å². The maximum absolute atomic E-state index is 11.9. The zero-order chi connectivity index (χ0) is 14.9. The number of nitrogens with zero attached hydrogens (tertiary/aromatic N) is 1. The van der Waals surface area contributed by atoms with E-state index in [2.05, 4.69) is 0 Å². The van der Waals surface area contributed by atoms with Gasteiger partial charge < -0.3 is 9.47 Å². The second kappa shape index (κ2) is 5.66. The van der Waals surface area contributed by atoms with Crippen LogP contribution in [0.25, 0.3) is 0 Å². The highest BCUT2D eigenvalue weighted by Crippen LogP contribution is 2.40. The first-order valence-corrected chi connectivity index (χ1v) is 7.10. The van der Waals surface area contributed by atoms with Gasteiger partial charge in [0.25, 0.3) is 5.78 Å². The molecule has 1 fully saturated rings. The van der Waals surface area contributed by atoms with Gasteiger partial charge in [-0.05, 0) is 13.8 Å². The Morgan fingerprint density at radius 3 is 2.50 bits per heavy atom. The van der Waals surface area contributed by atoms with Crippen molar-refractivity contribution in [3.63, 3.8) is 0 Å². The third-order valence-electron chi connectivity index (χ3n) is 2.80. The molecule has 0 spiro atoms. The number of carbonyl (C=O) groups is 4. The third kappa shape index (κ3) is 2.20. The molecule has 0 aromatic heterocycles. The summed E-state index contributed by atoms with van der Waals surface area (Å²) in [4.78, 5) is 48.3. The van der Waals surface area contributed by atoms with E-state index in [0.717, 1.165) is 16.7 Å². The Hall–Kier alpha value is -1.83. The van der Waals surface area contributed by atoms with Crippen LogP contribution in [0.4, 0.5) is 0 Å². The van der Waals surface area contributed by atoms with Crippen LogP contribution in [0.1, 0.15) is 13.8 Å². The molecule has 0 aliphatic carbocycles. The van der Waals surface area contributed by atoms with Crippen molar-refractivity contribution in [1.29, 1.82) is 0 Å². The van der Waals surface area contributed by atoms with E-state index < -0.39 is 29.7 Å². The topological polar surface area (TPSA) is 90.0 Å². The highest BCUT2D eigenvalue weighted by molar-refractivity contribution is 8.03. The van der Waals surface area contributed by atoms with E-state index in [1.54, 1.807) is 13.8 Å². The number of hydrogen-bond donors (Lipinski definition) is 0. The zero-order valence-electron chi connectivity index (χ0n) is 11.0. The van der Waals surface area contributed by atoms with Crippen molar-refractivity contribution in [2.45, 2.75) is 19.9 Å². The van der Waals surface area contributed by atoms with E-state index in [4.69, 9.17) is 9.47 Å². The molecule has 2 rings (SSSR count). The summed E-state index contributed by atoms with van der Waals surface area (Å²) in [5.74, 6) is -2.97. The molecule has 1 saturated heterocycles. The monoisotopic (exact) mass is 299 g/mol. The van der Waals surface area contributed by atoms with Crippen LogP contribution in [0.3, 0.4) is 0 Å². The van der Waals surface area contributed by atoms with Crippen molar-refractivity contribution in [3.05, 3.63) is 10.6 Å². The van der Waals surface area contributed by atoms with Gasteiger partial charge >= 0.3 is 17.8 Å². The number of amides is 1. The fraction of sp³-hybridized carbons (Fsp3) is 0.500. The van der Waals surface area contributed by atoms with Crippen molar-refractivity contribution in [2.75, 3.05) is 19.0 Å². The minimum Gasteiger partial charge on any atom is -0.464 e. The first kappa shape index (κ1) is 14.6. The van der Waals surface area contributed by atoms with Gasteiger partial charge in [-0.3, -0.25) is 14.5 Å². The Morgan fingerprint density at radius 1 is 1.25 bits per heavy atom. The van der Waals surface area contributed by atoms with Gasteiger partial charge in [0, 0.05) is 5.75 Å². The molecule has 0 aromatic rings. The molecular formula is C12H13NO6S. The van der Waals surface area contributed by atoms with E-state index in [-0.39, 0.29) is 29.6 Å². The van der Waals surface area contributed by atoms with Crippen LogP contribution in [0.5, 0.6) is 0 Å². The third-order valence-corrected chi connectivity index (χ3v) is 3.96. The molecule has 1 atom stereocenters.